The quantitative estimate of drug-likeness (QED) is 0.126. The third-order valence-corrected chi connectivity index (χ3v) is 5.63. The van der Waals surface area contributed by atoms with Crippen LogP contribution in [0.2, 0.25) is 0 Å². The first kappa shape index (κ1) is 24.0. The zero-order valence-corrected chi connectivity index (χ0v) is 18.7. The maximum atomic E-state index is 13.9. The van der Waals surface area contributed by atoms with Gasteiger partial charge in [-0.05, 0) is 24.3 Å². The Hall–Kier alpha value is -4.67. The Labute approximate surface area is 203 Å². The fourth-order valence-electron chi connectivity index (χ4n) is 3.85. The molecule has 0 atom stereocenters. The van der Waals surface area contributed by atoms with Crippen molar-refractivity contribution in [3.05, 3.63) is 104 Å². The first-order chi connectivity index (χ1) is 17.7. The molecular weight excluding hydrogens is 503 g/mol. The topological polar surface area (TPSA) is 78.9 Å². The summed E-state index contributed by atoms with van der Waals surface area (Å²) in [6.07, 6.45) is 0. The van der Waals surface area contributed by atoms with Gasteiger partial charge in [0.15, 0.2) is 34.6 Å². The van der Waals surface area contributed by atoms with Crippen LogP contribution >= 0.6 is 0 Å². The number of para-hydroxylation sites is 1. The van der Waals surface area contributed by atoms with Gasteiger partial charge in [-0.2, -0.15) is 0 Å². The third kappa shape index (κ3) is 4.07. The van der Waals surface area contributed by atoms with Crippen molar-refractivity contribution in [2.45, 2.75) is 6.61 Å². The molecule has 3 aromatic carbocycles. The Balaban J connectivity index is 1.56. The Kier molecular flexibility index (Phi) is 5.90. The summed E-state index contributed by atoms with van der Waals surface area (Å²) in [6.45, 7) is -1.00. The molecule has 188 valence electrons. The Bertz CT molecular complexity index is 1800. The maximum Gasteiger partial charge on any atom is 0.344 e. The average molecular weight is 516 g/mol. The van der Waals surface area contributed by atoms with Crippen LogP contribution in [0, 0.1) is 29.1 Å². The minimum Gasteiger partial charge on any atom is -0.493 e. The van der Waals surface area contributed by atoms with Crippen LogP contribution in [0.1, 0.15) is 5.56 Å². The molecule has 0 spiro atoms. The van der Waals surface area contributed by atoms with E-state index >= 15 is 0 Å². The number of rotatable bonds is 5. The van der Waals surface area contributed by atoms with Gasteiger partial charge in [0.2, 0.25) is 5.82 Å². The van der Waals surface area contributed by atoms with Crippen molar-refractivity contribution in [2.24, 2.45) is 0 Å². The fraction of sp³-hybridized carbons (Fsp3) is 0.0769. The largest absolute Gasteiger partial charge is 0.493 e. The van der Waals surface area contributed by atoms with E-state index in [9.17, 15) is 31.5 Å². The zero-order valence-electron chi connectivity index (χ0n) is 18.7. The molecule has 0 radical (unpaired) electrons. The Morgan fingerprint density at radius 2 is 1.49 bits per heavy atom. The van der Waals surface area contributed by atoms with Gasteiger partial charge in [0.05, 0.1) is 18.2 Å². The second kappa shape index (κ2) is 9.08. The maximum absolute atomic E-state index is 13.9. The summed E-state index contributed by atoms with van der Waals surface area (Å²) >= 11 is 0. The van der Waals surface area contributed by atoms with Crippen LogP contribution in [0.25, 0.3) is 33.1 Å². The van der Waals surface area contributed by atoms with Gasteiger partial charge >= 0.3 is 11.3 Å². The number of halogens is 5. The highest BCUT2D eigenvalue weighted by molar-refractivity contribution is 5.96. The average Bonchev–Trinajstić information content (AvgIpc) is 2.89. The molecule has 0 bridgehead atoms. The van der Waals surface area contributed by atoms with Crippen molar-refractivity contribution < 1.29 is 40.3 Å². The van der Waals surface area contributed by atoms with Crippen LogP contribution in [-0.4, -0.2) is 7.11 Å². The number of benzene rings is 3. The molecule has 5 aromatic rings. The lowest BCUT2D eigenvalue weighted by atomic mass is 10.0. The van der Waals surface area contributed by atoms with Crippen molar-refractivity contribution in [3.63, 3.8) is 0 Å². The van der Waals surface area contributed by atoms with E-state index in [1.54, 1.807) is 18.2 Å². The molecule has 0 fully saturated rings. The number of fused-ring (bicyclic) bond motifs is 2. The summed E-state index contributed by atoms with van der Waals surface area (Å²) in [5.41, 5.74) is -2.38. The van der Waals surface area contributed by atoms with Gasteiger partial charge in [-0.1, -0.05) is 12.1 Å². The number of hydrogen-bond donors (Lipinski definition) is 0. The Morgan fingerprint density at radius 1 is 0.784 bits per heavy atom. The predicted molar refractivity (Wildman–Crippen MR) is 121 cm³/mol. The summed E-state index contributed by atoms with van der Waals surface area (Å²) in [5.74, 6) is -10.3. The molecule has 0 aliphatic rings. The highest BCUT2D eigenvalue weighted by Crippen LogP contribution is 2.32. The molecule has 0 aliphatic heterocycles. The van der Waals surface area contributed by atoms with E-state index in [2.05, 4.69) is 0 Å². The minimum atomic E-state index is -2.28. The van der Waals surface area contributed by atoms with Gasteiger partial charge in [-0.15, -0.1) is 0 Å². The monoisotopic (exact) mass is 516 g/mol. The van der Waals surface area contributed by atoms with Crippen LogP contribution in [0.4, 0.5) is 22.0 Å². The van der Waals surface area contributed by atoms with E-state index in [0.29, 0.717) is 11.1 Å². The molecule has 2 heterocycles. The first-order valence-corrected chi connectivity index (χ1v) is 10.5. The molecule has 11 heteroatoms. The summed E-state index contributed by atoms with van der Waals surface area (Å²) in [5, 5.41) is 0.816. The predicted octanol–water partition coefficient (Wildman–Crippen LogP) is 5.85. The zero-order chi connectivity index (χ0) is 26.4. The van der Waals surface area contributed by atoms with Gasteiger partial charge < -0.3 is 18.3 Å². The van der Waals surface area contributed by atoms with Crippen molar-refractivity contribution in [1.82, 2.24) is 0 Å². The van der Waals surface area contributed by atoms with Crippen LogP contribution in [0.5, 0.6) is 11.5 Å². The van der Waals surface area contributed by atoms with E-state index in [1.165, 1.54) is 31.4 Å². The fourth-order valence-corrected chi connectivity index (χ4v) is 3.85. The van der Waals surface area contributed by atoms with Crippen molar-refractivity contribution in [2.75, 3.05) is 7.11 Å². The third-order valence-electron chi connectivity index (χ3n) is 5.63. The second-order valence-corrected chi connectivity index (χ2v) is 7.80. The molecule has 5 rings (SSSR count). The van der Waals surface area contributed by atoms with E-state index in [1.807, 2.05) is 0 Å². The van der Waals surface area contributed by atoms with Gasteiger partial charge in [-0.25, -0.2) is 31.5 Å². The normalized spacial score (nSPS) is 11.3. The lowest BCUT2D eigenvalue weighted by Gasteiger charge is -2.11. The highest BCUT2D eigenvalue weighted by Gasteiger charge is 2.26. The molecule has 0 saturated heterocycles. The van der Waals surface area contributed by atoms with Crippen LogP contribution < -0.4 is 20.7 Å². The van der Waals surface area contributed by atoms with E-state index in [0.717, 1.165) is 6.07 Å². The van der Waals surface area contributed by atoms with E-state index in [-0.39, 0.29) is 33.4 Å². The highest BCUT2D eigenvalue weighted by atomic mass is 19.2. The number of ether oxygens (including phenoxy) is 2. The number of methoxy groups -OCH3 is 1. The summed E-state index contributed by atoms with van der Waals surface area (Å²) in [4.78, 5) is 25.0. The lowest BCUT2D eigenvalue weighted by Crippen LogP contribution is -2.10. The van der Waals surface area contributed by atoms with Gasteiger partial charge in [0.1, 0.15) is 17.9 Å². The summed E-state index contributed by atoms with van der Waals surface area (Å²) < 4.78 is 89.1. The lowest BCUT2D eigenvalue weighted by molar-refractivity contribution is 0.279. The Morgan fingerprint density at radius 3 is 2.19 bits per heavy atom. The molecule has 6 nitrogen and oxygen atoms in total. The summed E-state index contributed by atoms with van der Waals surface area (Å²) in [6, 6.07) is 11.5. The van der Waals surface area contributed by atoms with Gasteiger partial charge in [0, 0.05) is 28.5 Å². The minimum absolute atomic E-state index is 0.0497. The molecule has 0 aliphatic carbocycles. The molecule has 37 heavy (non-hydrogen) atoms. The molecule has 0 amide bonds. The van der Waals surface area contributed by atoms with Crippen molar-refractivity contribution in [3.8, 4) is 22.6 Å². The number of hydrogen-bond acceptors (Lipinski definition) is 6. The molecule has 0 N–H and O–H groups in total. The van der Waals surface area contributed by atoms with E-state index in [4.69, 9.17) is 18.3 Å². The smallest absolute Gasteiger partial charge is 0.344 e. The van der Waals surface area contributed by atoms with Crippen molar-refractivity contribution in [1.29, 1.82) is 0 Å². The van der Waals surface area contributed by atoms with Crippen LogP contribution in [-0.2, 0) is 6.61 Å². The molecular formula is C26H13F5O6. The van der Waals surface area contributed by atoms with Gasteiger partial charge in [0.25, 0.3) is 0 Å². The van der Waals surface area contributed by atoms with Crippen LogP contribution in [0.3, 0.4) is 0 Å². The summed E-state index contributed by atoms with van der Waals surface area (Å²) in [7, 11) is 1.42. The standard InChI is InChI=1S/C26H13F5O6/c1-34-17-4-2-3-11-7-15(26(33)37-25(11)17)14-9-19(32)36-18-8-12(5-6-13(14)18)35-10-16-20(27)22(29)24(31)23(30)21(16)28/h2-9H,10H2,1H3. The molecule has 0 unspecified atom stereocenters. The van der Waals surface area contributed by atoms with E-state index < -0.39 is 52.5 Å². The molecule has 0 saturated carbocycles. The second-order valence-electron chi connectivity index (χ2n) is 7.80. The van der Waals surface area contributed by atoms with Crippen LogP contribution in [0.15, 0.2) is 67.0 Å². The first-order valence-electron chi connectivity index (χ1n) is 10.5. The van der Waals surface area contributed by atoms with Gasteiger partial charge in [-0.3, -0.25) is 0 Å². The SMILES string of the molecule is COc1cccc2cc(-c3cc(=O)oc4cc(OCc5c(F)c(F)c(F)c(F)c5F)ccc34)c(=O)oc12. The molecule has 2 aromatic heterocycles. The van der Waals surface area contributed by atoms with Crippen molar-refractivity contribution >= 4 is 21.9 Å².